The Balaban J connectivity index is 1.65. The van der Waals surface area contributed by atoms with Crippen LogP contribution >= 0.6 is 11.6 Å². The van der Waals surface area contributed by atoms with Gasteiger partial charge in [0.1, 0.15) is 18.0 Å². The van der Waals surface area contributed by atoms with Crippen LogP contribution in [-0.2, 0) is 14.3 Å². The maximum absolute atomic E-state index is 14.1. The predicted molar refractivity (Wildman–Crippen MR) is 160 cm³/mol. The van der Waals surface area contributed by atoms with Crippen molar-refractivity contribution in [1.29, 1.82) is 0 Å². The molecule has 1 fully saturated rings. The molecule has 2 amide bonds. The summed E-state index contributed by atoms with van der Waals surface area (Å²) in [7, 11) is 3.20. The van der Waals surface area contributed by atoms with Gasteiger partial charge in [0.2, 0.25) is 5.91 Å². The lowest BCUT2D eigenvalue weighted by Gasteiger charge is -2.32. The number of morpholine rings is 1. The summed E-state index contributed by atoms with van der Waals surface area (Å²) in [5.41, 5.74) is 2.02. The van der Waals surface area contributed by atoms with E-state index in [1.807, 2.05) is 63.2 Å². The molecule has 0 bridgehead atoms. The Hall–Kier alpha value is -3.14. The van der Waals surface area contributed by atoms with E-state index < -0.39 is 6.04 Å². The van der Waals surface area contributed by atoms with E-state index in [-0.39, 0.29) is 23.8 Å². The van der Waals surface area contributed by atoms with Gasteiger partial charge in [-0.3, -0.25) is 14.5 Å². The van der Waals surface area contributed by atoms with Crippen molar-refractivity contribution in [3.63, 3.8) is 0 Å². The molecule has 10 heteroatoms. The zero-order valence-corrected chi connectivity index (χ0v) is 25.4. The van der Waals surface area contributed by atoms with Gasteiger partial charge >= 0.3 is 0 Å². The molecule has 0 unspecified atom stereocenters. The van der Waals surface area contributed by atoms with Gasteiger partial charge in [-0.25, -0.2) is 5.01 Å². The number of ether oxygens (including phenoxy) is 3. The summed E-state index contributed by atoms with van der Waals surface area (Å²) in [6.07, 6.45) is 0.771. The highest BCUT2D eigenvalue weighted by Crippen LogP contribution is 2.40. The number of carbonyl (C=O) groups excluding carboxylic acids is 2. The van der Waals surface area contributed by atoms with Crippen LogP contribution < -0.4 is 9.47 Å². The lowest BCUT2D eigenvalue weighted by atomic mass is 9.91. The molecule has 1 atom stereocenters. The number of amides is 2. The Morgan fingerprint density at radius 1 is 1.10 bits per heavy atom. The zero-order chi connectivity index (χ0) is 29.6. The van der Waals surface area contributed by atoms with Crippen LogP contribution in [0.3, 0.4) is 0 Å². The van der Waals surface area contributed by atoms with Gasteiger partial charge in [0.05, 0.1) is 39.2 Å². The van der Waals surface area contributed by atoms with Crippen LogP contribution in [0, 0.1) is 5.41 Å². The summed E-state index contributed by atoms with van der Waals surface area (Å²) >= 11 is 6.54. The molecule has 0 aromatic heterocycles. The summed E-state index contributed by atoms with van der Waals surface area (Å²) in [5, 5.41) is 6.85. The van der Waals surface area contributed by atoms with E-state index in [0.717, 1.165) is 24.2 Å². The molecule has 1 saturated heterocycles. The number of hydrazone groups is 1. The highest BCUT2D eigenvalue weighted by atomic mass is 35.5. The Morgan fingerprint density at radius 2 is 1.83 bits per heavy atom. The number of nitrogens with zero attached hydrogens (tertiary/aromatic N) is 4. The van der Waals surface area contributed by atoms with Crippen LogP contribution in [0.5, 0.6) is 11.5 Å². The van der Waals surface area contributed by atoms with E-state index in [9.17, 15) is 9.59 Å². The van der Waals surface area contributed by atoms with Crippen molar-refractivity contribution < 1.29 is 23.8 Å². The SMILES string of the molecule is COc1ccc(OC)c([C@H]2CC(c3ccccc3Cl)=NN2C(=O)CN(CCN2CCOCC2)C(=O)CC(C)(C)C)c1. The molecule has 0 N–H and O–H groups in total. The van der Waals surface area contributed by atoms with E-state index in [2.05, 4.69) is 4.90 Å². The van der Waals surface area contributed by atoms with Crippen LogP contribution in [0.4, 0.5) is 0 Å². The van der Waals surface area contributed by atoms with E-state index in [0.29, 0.717) is 61.4 Å². The monoisotopic (exact) mass is 584 g/mol. The number of halogens is 1. The molecule has 9 nitrogen and oxygen atoms in total. The largest absolute Gasteiger partial charge is 0.497 e. The fraction of sp³-hybridized carbons (Fsp3) is 0.516. The van der Waals surface area contributed by atoms with Crippen molar-refractivity contribution in [3.05, 3.63) is 58.6 Å². The van der Waals surface area contributed by atoms with Crippen LogP contribution in [0.15, 0.2) is 47.6 Å². The average molecular weight is 585 g/mol. The standard InChI is InChI=1S/C31H41ClN4O5/c1-31(2,3)20-29(37)35(13-12-34-14-16-41-17-15-34)21-30(38)36-27(24-18-22(39-4)10-11-28(24)40-5)19-26(33-36)23-8-6-7-9-25(23)32/h6-11,18,27H,12-17,19-21H2,1-5H3/t27-/m1/s1. The predicted octanol–water partition coefficient (Wildman–Crippen LogP) is 4.63. The normalized spacial score (nSPS) is 17.8. The first kappa shape index (κ1) is 30.8. The summed E-state index contributed by atoms with van der Waals surface area (Å²) in [6.45, 7) is 10.1. The molecule has 2 aliphatic heterocycles. The van der Waals surface area contributed by atoms with Crippen molar-refractivity contribution in [2.24, 2.45) is 10.5 Å². The van der Waals surface area contributed by atoms with Gasteiger partial charge in [-0.2, -0.15) is 5.10 Å². The number of hydrogen-bond acceptors (Lipinski definition) is 7. The van der Waals surface area contributed by atoms with Gasteiger partial charge in [0.25, 0.3) is 5.91 Å². The molecule has 0 saturated carbocycles. The van der Waals surface area contributed by atoms with E-state index in [1.165, 1.54) is 5.01 Å². The third kappa shape index (κ3) is 7.99. The van der Waals surface area contributed by atoms with Gasteiger partial charge < -0.3 is 19.1 Å². The molecule has 0 radical (unpaired) electrons. The van der Waals surface area contributed by atoms with Crippen molar-refractivity contribution in [3.8, 4) is 11.5 Å². The van der Waals surface area contributed by atoms with E-state index >= 15 is 0 Å². The van der Waals surface area contributed by atoms with Crippen molar-refractivity contribution in [2.75, 3.05) is 60.2 Å². The van der Waals surface area contributed by atoms with Gasteiger partial charge in [-0.15, -0.1) is 0 Å². The molecule has 0 spiro atoms. The molecule has 2 aromatic rings. The van der Waals surface area contributed by atoms with Crippen molar-refractivity contribution in [2.45, 2.75) is 39.7 Å². The maximum Gasteiger partial charge on any atom is 0.262 e. The Morgan fingerprint density at radius 3 is 2.49 bits per heavy atom. The fourth-order valence-electron chi connectivity index (χ4n) is 5.12. The number of carbonyl (C=O) groups is 2. The van der Waals surface area contributed by atoms with Crippen LogP contribution in [0.2, 0.25) is 5.02 Å². The molecule has 0 aliphatic carbocycles. The molecule has 2 aliphatic rings. The summed E-state index contributed by atoms with van der Waals surface area (Å²) in [5.74, 6) is 0.944. The summed E-state index contributed by atoms with van der Waals surface area (Å²) in [4.78, 5) is 31.5. The zero-order valence-electron chi connectivity index (χ0n) is 24.7. The van der Waals surface area contributed by atoms with Crippen LogP contribution in [-0.4, -0.2) is 92.5 Å². The van der Waals surface area contributed by atoms with Gasteiger partial charge in [0.15, 0.2) is 0 Å². The minimum atomic E-state index is -0.461. The summed E-state index contributed by atoms with van der Waals surface area (Å²) in [6, 6.07) is 12.5. The average Bonchev–Trinajstić information content (AvgIpc) is 3.40. The third-order valence-corrected chi connectivity index (χ3v) is 7.63. The smallest absolute Gasteiger partial charge is 0.262 e. The molecular weight excluding hydrogens is 544 g/mol. The first-order valence-electron chi connectivity index (χ1n) is 14.0. The first-order valence-corrected chi connectivity index (χ1v) is 14.4. The lowest BCUT2D eigenvalue weighted by Crippen LogP contribution is -2.47. The lowest BCUT2D eigenvalue weighted by molar-refractivity contribution is -0.142. The number of benzene rings is 2. The number of hydrogen-bond donors (Lipinski definition) is 0. The molecule has 41 heavy (non-hydrogen) atoms. The van der Waals surface area contributed by atoms with Gasteiger partial charge in [-0.05, 0) is 29.7 Å². The summed E-state index contributed by atoms with van der Waals surface area (Å²) < 4.78 is 16.6. The van der Waals surface area contributed by atoms with Gasteiger partial charge in [0, 0.05) is 55.2 Å². The molecule has 2 heterocycles. The molecular formula is C31H41ClN4O5. The number of rotatable bonds is 10. The Kier molecular flexibility index (Phi) is 10.3. The quantitative estimate of drug-likeness (QED) is 0.405. The Labute approximate surface area is 248 Å². The van der Waals surface area contributed by atoms with E-state index in [4.69, 9.17) is 30.9 Å². The molecule has 2 aromatic carbocycles. The second-order valence-electron chi connectivity index (χ2n) is 11.6. The van der Waals surface area contributed by atoms with Crippen molar-refractivity contribution >= 4 is 29.1 Å². The first-order chi connectivity index (χ1) is 19.6. The maximum atomic E-state index is 14.1. The Bertz CT molecular complexity index is 1260. The minimum Gasteiger partial charge on any atom is -0.497 e. The highest BCUT2D eigenvalue weighted by Gasteiger charge is 2.37. The molecule has 222 valence electrons. The fourth-order valence-corrected chi connectivity index (χ4v) is 5.37. The number of methoxy groups -OCH3 is 2. The second-order valence-corrected chi connectivity index (χ2v) is 12.0. The highest BCUT2D eigenvalue weighted by molar-refractivity contribution is 6.34. The topological polar surface area (TPSA) is 83.9 Å². The van der Waals surface area contributed by atoms with Crippen LogP contribution in [0.1, 0.15) is 50.8 Å². The van der Waals surface area contributed by atoms with Crippen LogP contribution in [0.25, 0.3) is 0 Å². The third-order valence-electron chi connectivity index (χ3n) is 7.30. The van der Waals surface area contributed by atoms with E-state index in [1.54, 1.807) is 19.1 Å². The van der Waals surface area contributed by atoms with Crippen molar-refractivity contribution in [1.82, 2.24) is 14.8 Å². The second kappa shape index (κ2) is 13.7. The minimum absolute atomic E-state index is 0.0517. The molecule has 4 rings (SSSR count). The van der Waals surface area contributed by atoms with Gasteiger partial charge in [-0.1, -0.05) is 50.6 Å².